The Morgan fingerprint density at radius 3 is 2.33 bits per heavy atom. The molecule has 3 saturated heterocycles. The number of carboxylic acid groups (broad SMARTS) is 1. The SMILES string of the molecule is COc1ccc(CN2CC[C@H]3OCC[C@@H](C(=O)N4CCCC4)[C@@H]3C2)cc1.O=C(O)C(F)(F)F. The molecule has 7 nitrogen and oxygen atoms in total. The molecule has 0 aliphatic carbocycles. The van der Waals surface area contributed by atoms with Gasteiger partial charge >= 0.3 is 12.1 Å². The van der Waals surface area contributed by atoms with Gasteiger partial charge in [0.2, 0.25) is 5.91 Å². The number of piperidine rings is 1. The van der Waals surface area contributed by atoms with Crippen molar-refractivity contribution in [3.8, 4) is 5.75 Å². The standard InChI is InChI=1S/C21H30N2O3.C2HF3O2/c1-25-17-6-4-16(5-7-17)14-22-12-8-20-19(15-22)18(9-13-26-20)21(24)23-10-2-3-11-23;3-2(4,5)1(6)7/h4-7,18-20H,2-3,8-15H2,1H3;(H,6,7)/t18-,19+,20-;/m1./s1. The average molecular weight is 473 g/mol. The number of nitrogens with zero attached hydrogens (tertiary/aromatic N) is 2. The average Bonchev–Trinajstić information content (AvgIpc) is 3.33. The van der Waals surface area contributed by atoms with E-state index in [2.05, 4.69) is 21.9 Å². The molecular formula is C23H31F3N2O5. The minimum absolute atomic E-state index is 0.144. The summed E-state index contributed by atoms with van der Waals surface area (Å²) >= 11 is 0. The Bertz CT molecular complexity index is 796. The van der Waals surface area contributed by atoms with Crippen LogP contribution >= 0.6 is 0 Å². The lowest BCUT2D eigenvalue weighted by Gasteiger charge is -2.45. The van der Waals surface area contributed by atoms with Crippen molar-refractivity contribution in [3.05, 3.63) is 29.8 Å². The van der Waals surface area contributed by atoms with E-state index in [1.807, 2.05) is 12.1 Å². The maximum absolute atomic E-state index is 13.0. The number of carbonyl (C=O) groups excluding carboxylic acids is 1. The molecule has 3 aliphatic heterocycles. The van der Waals surface area contributed by atoms with Crippen LogP contribution in [0.4, 0.5) is 13.2 Å². The summed E-state index contributed by atoms with van der Waals surface area (Å²) in [7, 11) is 1.69. The van der Waals surface area contributed by atoms with Gasteiger partial charge in [0.15, 0.2) is 0 Å². The lowest BCUT2D eigenvalue weighted by Crippen LogP contribution is -2.53. The van der Waals surface area contributed by atoms with Gasteiger partial charge in [-0.15, -0.1) is 0 Å². The Morgan fingerprint density at radius 1 is 1.12 bits per heavy atom. The number of benzene rings is 1. The molecule has 0 saturated carbocycles. The normalized spacial score (nSPS) is 25.6. The minimum Gasteiger partial charge on any atom is -0.497 e. The fourth-order valence-corrected chi connectivity index (χ4v) is 4.80. The first-order chi connectivity index (χ1) is 15.7. The molecule has 1 N–H and O–H groups in total. The summed E-state index contributed by atoms with van der Waals surface area (Å²) in [6, 6.07) is 8.31. The molecule has 4 rings (SSSR count). The van der Waals surface area contributed by atoms with Crippen molar-refractivity contribution in [2.24, 2.45) is 11.8 Å². The number of carboxylic acids is 1. The van der Waals surface area contributed by atoms with Crippen molar-refractivity contribution < 1.29 is 37.3 Å². The van der Waals surface area contributed by atoms with Gasteiger partial charge in [0, 0.05) is 51.2 Å². The molecule has 3 heterocycles. The van der Waals surface area contributed by atoms with Gasteiger partial charge in [-0.2, -0.15) is 13.2 Å². The Labute approximate surface area is 191 Å². The van der Waals surface area contributed by atoms with E-state index in [9.17, 15) is 18.0 Å². The second-order valence-corrected chi connectivity index (χ2v) is 8.68. The monoisotopic (exact) mass is 472 g/mol. The summed E-state index contributed by atoms with van der Waals surface area (Å²) in [5.74, 6) is -1.00. The quantitative estimate of drug-likeness (QED) is 0.725. The van der Waals surface area contributed by atoms with E-state index in [1.54, 1.807) is 7.11 Å². The van der Waals surface area contributed by atoms with E-state index < -0.39 is 12.1 Å². The second kappa shape index (κ2) is 11.2. The molecule has 3 fully saturated rings. The summed E-state index contributed by atoms with van der Waals surface area (Å²) in [6.07, 6.45) is -0.594. The van der Waals surface area contributed by atoms with E-state index >= 15 is 0 Å². The third-order valence-electron chi connectivity index (χ3n) is 6.50. The van der Waals surface area contributed by atoms with Gasteiger partial charge < -0.3 is 19.5 Å². The van der Waals surface area contributed by atoms with Gasteiger partial charge in [0.25, 0.3) is 0 Å². The van der Waals surface area contributed by atoms with Crippen LogP contribution in [0.15, 0.2) is 24.3 Å². The largest absolute Gasteiger partial charge is 0.497 e. The van der Waals surface area contributed by atoms with Gasteiger partial charge in [-0.1, -0.05) is 12.1 Å². The van der Waals surface area contributed by atoms with Crippen LogP contribution in [0.3, 0.4) is 0 Å². The molecule has 0 radical (unpaired) electrons. The van der Waals surface area contributed by atoms with Gasteiger partial charge in [-0.05, 0) is 43.4 Å². The number of methoxy groups -OCH3 is 1. The molecule has 0 unspecified atom stereocenters. The maximum atomic E-state index is 13.0. The molecule has 0 aromatic heterocycles. The van der Waals surface area contributed by atoms with E-state index in [4.69, 9.17) is 19.4 Å². The summed E-state index contributed by atoms with van der Waals surface area (Å²) in [6.45, 7) is 5.56. The summed E-state index contributed by atoms with van der Waals surface area (Å²) in [5, 5.41) is 7.12. The van der Waals surface area contributed by atoms with Crippen LogP contribution in [0.1, 0.15) is 31.2 Å². The molecule has 3 atom stereocenters. The number of rotatable bonds is 4. The third-order valence-corrected chi connectivity index (χ3v) is 6.50. The lowest BCUT2D eigenvalue weighted by molar-refractivity contribution is -0.192. The first kappa shape index (κ1) is 25.3. The van der Waals surface area contributed by atoms with Crippen molar-refractivity contribution >= 4 is 11.9 Å². The number of ether oxygens (including phenoxy) is 2. The molecule has 1 amide bonds. The number of amides is 1. The zero-order valence-electron chi connectivity index (χ0n) is 18.7. The number of hydrogen-bond donors (Lipinski definition) is 1. The fraction of sp³-hybridized carbons (Fsp3) is 0.652. The number of aliphatic carboxylic acids is 1. The number of halogens is 3. The number of carbonyl (C=O) groups is 2. The molecule has 0 spiro atoms. The van der Waals surface area contributed by atoms with Gasteiger partial charge in [0.1, 0.15) is 5.75 Å². The predicted molar refractivity (Wildman–Crippen MR) is 114 cm³/mol. The van der Waals surface area contributed by atoms with Crippen LogP contribution in [0.25, 0.3) is 0 Å². The highest BCUT2D eigenvalue weighted by atomic mass is 19.4. The van der Waals surface area contributed by atoms with Crippen LogP contribution in [0, 0.1) is 11.8 Å². The predicted octanol–water partition coefficient (Wildman–Crippen LogP) is 3.18. The molecule has 0 bridgehead atoms. The minimum atomic E-state index is -5.08. The van der Waals surface area contributed by atoms with Crippen LogP contribution in [-0.2, 0) is 20.9 Å². The molecule has 3 aliphatic rings. The number of hydrogen-bond acceptors (Lipinski definition) is 5. The molecule has 10 heteroatoms. The lowest BCUT2D eigenvalue weighted by atomic mass is 9.78. The first-order valence-electron chi connectivity index (χ1n) is 11.2. The zero-order chi connectivity index (χ0) is 24.0. The molecule has 1 aromatic carbocycles. The third kappa shape index (κ3) is 6.83. The smallest absolute Gasteiger partial charge is 0.490 e. The summed E-state index contributed by atoms with van der Waals surface area (Å²) in [4.78, 5) is 26.5. The molecule has 184 valence electrons. The number of likely N-dealkylation sites (tertiary alicyclic amines) is 2. The van der Waals surface area contributed by atoms with Gasteiger partial charge in [-0.3, -0.25) is 9.69 Å². The summed E-state index contributed by atoms with van der Waals surface area (Å²) in [5.41, 5.74) is 1.29. The van der Waals surface area contributed by atoms with Crippen molar-refractivity contribution in [3.63, 3.8) is 0 Å². The number of fused-ring (bicyclic) bond motifs is 1. The Kier molecular flexibility index (Phi) is 8.58. The van der Waals surface area contributed by atoms with Crippen LogP contribution in [-0.4, -0.2) is 79.0 Å². The number of alkyl halides is 3. The first-order valence-corrected chi connectivity index (χ1v) is 11.2. The van der Waals surface area contributed by atoms with Gasteiger partial charge in [-0.25, -0.2) is 4.79 Å². The summed E-state index contributed by atoms with van der Waals surface area (Å²) < 4.78 is 43.0. The van der Waals surface area contributed by atoms with Crippen molar-refractivity contribution in [2.45, 2.75) is 44.5 Å². The van der Waals surface area contributed by atoms with Crippen LogP contribution < -0.4 is 4.74 Å². The highest BCUT2D eigenvalue weighted by molar-refractivity contribution is 5.79. The Morgan fingerprint density at radius 2 is 1.76 bits per heavy atom. The molecule has 1 aromatic rings. The van der Waals surface area contributed by atoms with E-state index in [0.29, 0.717) is 11.8 Å². The van der Waals surface area contributed by atoms with Crippen LogP contribution in [0.2, 0.25) is 0 Å². The highest BCUT2D eigenvalue weighted by Gasteiger charge is 2.43. The van der Waals surface area contributed by atoms with E-state index in [1.165, 1.54) is 5.56 Å². The van der Waals surface area contributed by atoms with Crippen LogP contribution in [0.5, 0.6) is 5.75 Å². The Hall–Kier alpha value is -2.33. The van der Waals surface area contributed by atoms with E-state index in [-0.39, 0.29) is 12.0 Å². The highest BCUT2D eigenvalue weighted by Crippen LogP contribution is 2.35. The van der Waals surface area contributed by atoms with Crippen molar-refractivity contribution in [2.75, 3.05) is 39.9 Å². The molecule has 33 heavy (non-hydrogen) atoms. The molecular weight excluding hydrogens is 441 g/mol. The topological polar surface area (TPSA) is 79.3 Å². The van der Waals surface area contributed by atoms with Crippen molar-refractivity contribution in [1.29, 1.82) is 0 Å². The van der Waals surface area contributed by atoms with Gasteiger partial charge in [0.05, 0.1) is 13.2 Å². The maximum Gasteiger partial charge on any atom is 0.490 e. The van der Waals surface area contributed by atoms with Crippen molar-refractivity contribution in [1.82, 2.24) is 9.80 Å². The second-order valence-electron chi connectivity index (χ2n) is 8.68. The van der Waals surface area contributed by atoms with E-state index in [0.717, 1.165) is 70.8 Å². The fourth-order valence-electron chi connectivity index (χ4n) is 4.80. The zero-order valence-corrected chi connectivity index (χ0v) is 18.7. The Balaban J connectivity index is 0.000000383.